The van der Waals surface area contributed by atoms with Crippen molar-refractivity contribution < 1.29 is 0 Å². The summed E-state index contributed by atoms with van der Waals surface area (Å²) in [5.41, 5.74) is 6.27. The highest BCUT2D eigenvalue weighted by atomic mass is 15.3. The number of rotatable bonds is 3. The van der Waals surface area contributed by atoms with Gasteiger partial charge in [-0.15, -0.1) is 0 Å². The van der Waals surface area contributed by atoms with Gasteiger partial charge >= 0.3 is 0 Å². The predicted molar refractivity (Wildman–Crippen MR) is 59.0 cm³/mol. The van der Waals surface area contributed by atoms with E-state index in [1.165, 1.54) is 52.0 Å². The lowest BCUT2D eigenvalue weighted by Crippen LogP contribution is -2.61. The third-order valence-corrected chi connectivity index (χ3v) is 3.83. The largest absolute Gasteiger partial charge is 0.318 e. The second kappa shape index (κ2) is 4.17. The minimum absolute atomic E-state index is 0.656. The van der Waals surface area contributed by atoms with Gasteiger partial charge in [0.1, 0.15) is 0 Å². The van der Waals surface area contributed by atoms with E-state index in [2.05, 4.69) is 16.7 Å². The molecule has 0 saturated carbocycles. The fraction of sp³-hybridized carbons (Fsp3) is 1.00. The van der Waals surface area contributed by atoms with Crippen molar-refractivity contribution in [2.24, 2.45) is 11.1 Å². The SMILES string of the molecule is CCCN1CCC2(CC1)CN(CN)C2. The van der Waals surface area contributed by atoms with Gasteiger partial charge in [0.2, 0.25) is 0 Å². The van der Waals surface area contributed by atoms with Crippen molar-refractivity contribution in [3.05, 3.63) is 0 Å². The van der Waals surface area contributed by atoms with Crippen LogP contribution in [0.1, 0.15) is 26.2 Å². The molecule has 0 unspecified atom stereocenters. The molecule has 14 heavy (non-hydrogen) atoms. The summed E-state index contributed by atoms with van der Waals surface area (Å²) in [5, 5.41) is 0. The van der Waals surface area contributed by atoms with Crippen LogP contribution < -0.4 is 5.73 Å². The maximum absolute atomic E-state index is 5.61. The van der Waals surface area contributed by atoms with E-state index in [0.717, 1.165) is 6.67 Å². The number of nitrogens with two attached hydrogens (primary N) is 1. The number of piperidine rings is 1. The molecular weight excluding hydrogens is 174 g/mol. The Bertz CT molecular complexity index is 177. The average molecular weight is 197 g/mol. The van der Waals surface area contributed by atoms with Gasteiger partial charge in [0, 0.05) is 19.8 Å². The second-order valence-electron chi connectivity index (χ2n) is 5.01. The average Bonchev–Trinajstić information content (AvgIpc) is 2.16. The normalized spacial score (nSPS) is 27.9. The first-order valence-corrected chi connectivity index (χ1v) is 5.93. The summed E-state index contributed by atoms with van der Waals surface area (Å²) in [6, 6.07) is 0. The minimum Gasteiger partial charge on any atom is -0.318 e. The Morgan fingerprint density at radius 1 is 1.14 bits per heavy atom. The van der Waals surface area contributed by atoms with Crippen LogP contribution in [0.25, 0.3) is 0 Å². The van der Waals surface area contributed by atoms with E-state index in [4.69, 9.17) is 5.73 Å². The van der Waals surface area contributed by atoms with E-state index >= 15 is 0 Å². The summed E-state index contributed by atoms with van der Waals surface area (Å²) in [6.45, 7) is 9.44. The Morgan fingerprint density at radius 3 is 2.29 bits per heavy atom. The van der Waals surface area contributed by atoms with Crippen molar-refractivity contribution in [1.82, 2.24) is 9.80 Å². The highest BCUT2D eigenvalue weighted by molar-refractivity contribution is 4.97. The molecule has 2 rings (SSSR count). The number of likely N-dealkylation sites (tertiary alicyclic amines) is 2. The van der Waals surface area contributed by atoms with Crippen molar-refractivity contribution >= 4 is 0 Å². The van der Waals surface area contributed by atoms with E-state index in [1.54, 1.807) is 0 Å². The van der Waals surface area contributed by atoms with Gasteiger partial charge in [-0.2, -0.15) is 0 Å². The van der Waals surface area contributed by atoms with E-state index in [-0.39, 0.29) is 0 Å². The molecule has 2 saturated heterocycles. The molecule has 0 aromatic heterocycles. The van der Waals surface area contributed by atoms with E-state index in [1.807, 2.05) is 0 Å². The van der Waals surface area contributed by atoms with Crippen molar-refractivity contribution in [3.8, 4) is 0 Å². The third kappa shape index (κ3) is 1.95. The van der Waals surface area contributed by atoms with Gasteiger partial charge in [-0.05, 0) is 44.3 Å². The lowest BCUT2D eigenvalue weighted by atomic mass is 9.72. The Balaban J connectivity index is 1.74. The van der Waals surface area contributed by atoms with Crippen LogP contribution in [0.4, 0.5) is 0 Å². The van der Waals surface area contributed by atoms with Gasteiger partial charge in [0.25, 0.3) is 0 Å². The number of hydrogen-bond acceptors (Lipinski definition) is 3. The van der Waals surface area contributed by atoms with Gasteiger partial charge < -0.3 is 10.6 Å². The zero-order chi connectivity index (χ0) is 10.0. The lowest BCUT2D eigenvalue weighted by molar-refractivity contribution is -0.0447. The predicted octanol–water partition coefficient (Wildman–Crippen LogP) is 0.710. The van der Waals surface area contributed by atoms with Gasteiger partial charge in [0.15, 0.2) is 0 Å². The smallest absolute Gasteiger partial charge is 0.0455 e. The first-order valence-electron chi connectivity index (χ1n) is 5.93. The van der Waals surface area contributed by atoms with Crippen LogP contribution in [-0.2, 0) is 0 Å². The molecule has 0 radical (unpaired) electrons. The molecule has 2 aliphatic heterocycles. The van der Waals surface area contributed by atoms with Gasteiger partial charge in [-0.3, -0.25) is 4.90 Å². The van der Waals surface area contributed by atoms with Gasteiger partial charge in [-0.1, -0.05) is 6.92 Å². The molecule has 0 amide bonds. The van der Waals surface area contributed by atoms with Crippen molar-refractivity contribution in [1.29, 1.82) is 0 Å². The first-order chi connectivity index (χ1) is 6.78. The van der Waals surface area contributed by atoms with Crippen molar-refractivity contribution in [2.45, 2.75) is 26.2 Å². The van der Waals surface area contributed by atoms with Crippen molar-refractivity contribution in [3.63, 3.8) is 0 Å². The molecule has 3 heteroatoms. The molecule has 2 aliphatic rings. The van der Waals surface area contributed by atoms with Gasteiger partial charge in [0.05, 0.1) is 0 Å². The number of nitrogens with zero attached hydrogens (tertiary/aromatic N) is 2. The molecule has 0 atom stereocenters. The molecule has 2 fully saturated rings. The quantitative estimate of drug-likeness (QED) is 0.723. The zero-order valence-corrected chi connectivity index (χ0v) is 9.34. The molecule has 0 aliphatic carbocycles. The molecule has 3 nitrogen and oxygen atoms in total. The molecule has 2 N–H and O–H groups in total. The Labute approximate surface area is 87.2 Å². The lowest BCUT2D eigenvalue weighted by Gasteiger charge is -2.53. The molecular formula is C11H23N3. The van der Waals surface area contributed by atoms with Crippen LogP contribution in [0.2, 0.25) is 0 Å². The summed E-state index contributed by atoms with van der Waals surface area (Å²) >= 11 is 0. The Hall–Kier alpha value is -0.120. The summed E-state index contributed by atoms with van der Waals surface area (Å²) in [6.07, 6.45) is 4.08. The zero-order valence-electron chi connectivity index (χ0n) is 9.34. The second-order valence-corrected chi connectivity index (χ2v) is 5.01. The molecule has 1 spiro atoms. The topological polar surface area (TPSA) is 32.5 Å². The summed E-state index contributed by atoms with van der Waals surface area (Å²) in [5.74, 6) is 0. The molecule has 0 aromatic carbocycles. The van der Waals surface area contributed by atoms with Crippen molar-refractivity contribution in [2.75, 3.05) is 39.4 Å². The monoisotopic (exact) mass is 197 g/mol. The van der Waals surface area contributed by atoms with Crippen LogP contribution in [0.5, 0.6) is 0 Å². The number of hydrogen-bond donors (Lipinski definition) is 1. The van der Waals surface area contributed by atoms with E-state index in [0.29, 0.717) is 5.41 Å². The standard InChI is InChI=1S/C11H23N3/c1-2-5-13-6-3-11(4-7-13)8-14(9-11)10-12/h2-10,12H2,1H3. The highest BCUT2D eigenvalue weighted by Gasteiger charge is 2.43. The van der Waals surface area contributed by atoms with Crippen LogP contribution >= 0.6 is 0 Å². The first kappa shape index (κ1) is 10.4. The summed E-state index contributed by atoms with van der Waals surface area (Å²) in [4.78, 5) is 4.96. The summed E-state index contributed by atoms with van der Waals surface area (Å²) < 4.78 is 0. The van der Waals surface area contributed by atoms with E-state index in [9.17, 15) is 0 Å². The maximum Gasteiger partial charge on any atom is 0.0455 e. The van der Waals surface area contributed by atoms with Crippen LogP contribution in [0, 0.1) is 5.41 Å². The van der Waals surface area contributed by atoms with Crippen LogP contribution in [-0.4, -0.2) is 49.2 Å². The molecule has 0 bridgehead atoms. The highest BCUT2D eigenvalue weighted by Crippen LogP contribution is 2.39. The Morgan fingerprint density at radius 2 is 1.79 bits per heavy atom. The molecule has 2 heterocycles. The molecule has 82 valence electrons. The van der Waals surface area contributed by atoms with Gasteiger partial charge in [-0.25, -0.2) is 0 Å². The summed E-state index contributed by atoms with van der Waals surface area (Å²) in [7, 11) is 0. The molecule has 0 aromatic rings. The third-order valence-electron chi connectivity index (χ3n) is 3.83. The van der Waals surface area contributed by atoms with Crippen LogP contribution in [0.15, 0.2) is 0 Å². The minimum atomic E-state index is 0.656. The fourth-order valence-corrected chi connectivity index (χ4v) is 2.91. The Kier molecular flexibility index (Phi) is 3.10. The van der Waals surface area contributed by atoms with Crippen LogP contribution in [0.3, 0.4) is 0 Å². The maximum atomic E-state index is 5.61. The van der Waals surface area contributed by atoms with E-state index < -0.39 is 0 Å². The fourth-order valence-electron chi connectivity index (χ4n) is 2.91.